The third-order valence-electron chi connectivity index (χ3n) is 9.95. The van der Waals surface area contributed by atoms with Crippen molar-refractivity contribution in [3.63, 3.8) is 0 Å². The number of hydrazine groups is 1. The van der Waals surface area contributed by atoms with Crippen LogP contribution in [0.25, 0.3) is 10.8 Å². The van der Waals surface area contributed by atoms with Crippen LogP contribution in [0.2, 0.25) is 0 Å². The van der Waals surface area contributed by atoms with Gasteiger partial charge in [-0.15, -0.1) is 0 Å². The number of amides is 1. The van der Waals surface area contributed by atoms with E-state index in [0.29, 0.717) is 34.6 Å². The molecule has 29 heavy (non-hydrogen) atoms. The Morgan fingerprint density at radius 2 is 1.66 bits per heavy atom. The number of hydrogen-bond donors (Lipinski definition) is 0. The van der Waals surface area contributed by atoms with Crippen LogP contribution in [0.4, 0.5) is 5.69 Å². The Hall–Kier alpha value is -2.03. The highest BCUT2D eigenvalue weighted by Gasteiger charge is 2.76. The molecule has 5 fully saturated rings. The molecule has 4 unspecified atom stereocenters. The van der Waals surface area contributed by atoms with Crippen molar-refractivity contribution in [2.24, 2.45) is 28.6 Å². The van der Waals surface area contributed by atoms with Gasteiger partial charge in [0.05, 0.1) is 11.7 Å². The lowest BCUT2D eigenvalue weighted by Crippen LogP contribution is -2.79. The Morgan fingerprint density at radius 3 is 2.52 bits per heavy atom. The Bertz CT molecular complexity index is 1070. The van der Waals surface area contributed by atoms with Gasteiger partial charge in [0.1, 0.15) is 5.54 Å². The van der Waals surface area contributed by atoms with Crippen LogP contribution in [-0.4, -0.2) is 22.5 Å². The number of hydrogen-bond acceptors (Lipinski definition) is 2. The molecule has 1 spiro atoms. The molecule has 3 heteroatoms. The molecule has 1 amide bonds. The van der Waals surface area contributed by atoms with Gasteiger partial charge in [-0.3, -0.25) is 9.80 Å². The Morgan fingerprint density at radius 1 is 0.897 bits per heavy atom. The van der Waals surface area contributed by atoms with Gasteiger partial charge in [-0.1, -0.05) is 43.3 Å². The van der Waals surface area contributed by atoms with Gasteiger partial charge in [0.15, 0.2) is 0 Å². The second kappa shape index (κ2) is 4.82. The first-order valence-corrected chi connectivity index (χ1v) is 11.5. The Labute approximate surface area is 173 Å². The summed E-state index contributed by atoms with van der Waals surface area (Å²) in [6, 6.07) is 15.5. The summed E-state index contributed by atoms with van der Waals surface area (Å²) < 4.78 is 0. The molecule has 2 aromatic rings. The van der Waals surface area contributed by atoms with E-state index in [9.17, 15) is 4.79 Å². The van der Waals surface area contributed by atoms with Crippen molar-refractivity contribution in [1.29, 1.82) is 0 Å². The highest BCUT2D eigenvalue weighted by Crippen LogP contribution is 2.81. The van der Waals surface area contributed by atoms with E-state index in [2.05, 4.69) is 73.3 Å². The SMILES string of the molecule is CC1(C)C(=O)N([C@@H]2C3CC4C[C@@]5(C)CC2CC45C3)N1c1cccc2ccccc12. The summed E-state index contributed by atoms with van der Waals surface area (Å²) in [5.41, 5.74) is 1.91. The fourth-order valence-electron chi connectivity index (χ4n) is 8.90. The van der Waals surface area contributed by atoms with E-state index >= 15 is 0 Å². The van der Waals surface area contributed by atoms with Crippen LogP contribution in [0.1, 0.15) is 52.9 Å². The number of carbonyl (C=O) groups excluding carboxylic acids is 1. The fraction of sp³-hybridized carbons (Fsp3) is 0.577. The molecule has 3 bridgehead atoms. The number of anilines is 1. The minimum absolute atomic E-state index is 0.320. The first kappa shape index (κ1) is 16.7. The van der Waals surface area contributed by atoms with E-state index in [1.807, 2.05) is 0 Å². The minimum Gasteiger partial charge on any atom is -0.270 e. The molecule has 0 radical (unpaired) electrons. The second-order valence-corrected chi connectivity index (χ2v) is 11.5. The lowest BCUT2D eigenvalue weighted by Gasteiger charge is -2.62. The zero-order valence-electron chi connectivity index (χ0n) is 17.7. The molecule has 1 aliphatic heterocycles. The summed E-state index contributed by atoms with van der Waals surface area (Å²) in [6.07, 6.45) is 6.85. The molecular weight excluding hydrogens is 356 g/mol. The van der Waals surface area contributed by atoms with Crippen LogP contribution in [0.15, 0.2) is 42.5 Å². The quantitative estimate of drug-likeness (QED) is 0.690. The number of nitrogens with zero attached hydrogens (tertiary/aromatic N) is 2. The fourth-order valence-corrected chi connectivity index (χ4v) is 8.90. The van der Waals surface area contributed by atoms with E-state index in [4.69, 9.17) is 0 Å². The molecule has 0 aromatic heterocycles. The van der Waals surface area contributed by atoms with Gasteiger partial charge in [-0.25, -0.2) is 5.01 Å². The van der Waals surface area contributed by atoms with Crippen molar-refractivity contribution >= 4 is 22.4 Å². The molecule has 2 aromatic carbocycles. The van der Waals surface area contributed by atoms with Gasteiger partial charge in [0, 0.05) is 5.39 Å². The topological polar surface area (TPSA) is 23.6 Å². The Kier molecular flexibility index (Phi) is 2.78. The van der Waals surface area contributed by atoms with Gasteiger partial charge < -0.3 is 0 Å². The molecule has 5 aliphatic rings. The monoisotopic (exact) mass is 386 g/mol. The molecule has 7 rings (SSSR count). The summed E-state index contributed by atoms with van der Waals surface area (Å²) in [6.45, 7) is 6.75. The van der Waals surface area contributed by atoms with Crippen molar-refractivity contribution in [3.05, 3.63) is 42.5 Å². The normalized spacial score (nSPS) is 43.5. The van der Waals surface area contributed by atoms with Crippen LogP contribution in [0, 0.1) is 28.6 Å². The highest BCUT2D eigenvalue weighted by molar-refractivity contribution is 6.03. The minimum atomic E-state index is -0.470. The molecule has 0 N–H and O–H groups in total. The summed E-state index contributed by atoms with van der Waals surface area (Å²) in [5, 5.41) is 7.08. The van der Waals surface area contributed by atoms with Crippen LogP contribution in [0.5, 0.6) is 0 Å². The molecule has 4 aliphatic carbocycles. The van der Waals surface area contributed by atoms with Gasteiger partial charge in [-0.05, 0) is 86.0 Å². The molecule has 1 heterocycles. The first-order valence-electron chi connectivity index (χ1n) is 11.5. The van der Waals surface area contributed by atoms with E-state index < -0.39 is 5.54 Å². The van der Waals surface area contributed by atoms with E-state index in [1.165, 1.54) is 48.6 Å². The maximum absolute atomic E-state index is 13.5. The third kappa shape index (κ3) is 1.69. The van der Waals surface area contributed by atoms with Crippen LogP contribution < -0.4 is 5.01 Å². The van der Waals surface area contributed by atoms with E-state index in [0.717, 1.165) is 5.92 Å². The predicted octanol–water partition coefficient (Wildman–Crippen LogP) is 5.40. The average Bonchev–Trinajstić information content (AvgIpc) is 3.06. The number of carbonyl (C=O) groups is 1. The average molecular weight is 387 g/mol. The largest absolute Gasteiger partial charge is 0.270 e. The number of rotatable bonds is 2. The maximum atomic E-state index is 13.5. The summed E-state index contributed by atoms with van der Waals surface area (Å²) >= 11 is 0. The zero-order chi connectivity index (χ0) is 19.8. The third-order valence-corrected chi connectivity index (χ3v) is 9.95. The second-order valence-electron chi connectivity index (χ2n) is 11.5. The van der Waals surface area contributed by atoms with Gasteiger partial charge in [0.2, 0.25) is 0 Å². The van der Waals surface area contributed by atoms with Gasteiger partial charge >= 0.3 is 0 Å². The van der Waals surface area contributed by atoms with Crippen molar-refractivity contribution in [1.82, 2.24) is 5.01 Å². The smallest absolute Gasteiger partial charge is 0.268 e. The molecule has 150 valence electrons. The van der Waals surface area contributed by atoms with Crippen molar-refractivity contribution in [2.75, 3.05) is 5.01 Å². The lowest BCUT2D eigenvalue weighted by atomic mass is 9.47. The van der Waals surface area contributed by atoms with Crippen LogP contribution in [-0.2, 0) is 4.79 Å². The summed E-state index contributed by atoms with van der Waals surface area (Å²) in [4.78, 5) is 13.5. The Balaban J connectivity index is 1.34. The van der Waals surface area contributed by atoms with Crippen molar-refractivity contribution in [2.45, 2.75) is 64.5 Å². The molecular formula is C26H30N2O. The van der Waals surface area contributed by atoms with Gasteiger partial charge in [-0.2, -0.15) is 0 Å². The van der Waals surface area contributed by atoms with Crippen LogP contribution in [0.3, 0.4) is 0 Å². The first-order chi connectivity index (χ1) is 13.9. The summed E-state index contributed by atoms with van der Waals surface area (Å²) in [5.74, 6) is 2.63. The number of benzene rings is 2. The lowest BCUT2D eigenvalue weighted by molar-refractivity contribution is -0.161. The maximum Gasteiger partial charge on any atom is 0.268 e. The molecule has 4 saturated carbocycles. The van der Waals surface area contributed by atoms with Gasteiger partial charge in [0.25, 0.3) is 5.91 Å². The van der Waals surface area contributed by atoms with Crippen molar-refractivity contribution in [3.8, 4) is 0 Å². The van der Waals surface area contributed by atoms with E-state index in [1.54, 1.807) is 0 Å². The van der Waals surface area contributed by atoms with Crippen LogP contribution >= 0.6 is 0 Å². The zero-order valence-corrected chi connectivity index (χ0v) is 17.7. The predicted molar refractivity (Wildman–Crippen MR) is 115 cm³/mol. The van der Waals surface area contributed by atoms with E-state index in [-0.39, 0.29) is 0 Å². The highest BCUT2D eigenvalue weighted by atomic mass is 16.2. The van der Waals surface area contributed by atoms with Crippen molar-refractivity contribution < 1.29 is 4.79 Å². The summed E-state index contributed by atoms with van der Waals surface area (Å²) in [7, 11) is 0. The molecule has 6 atom stereocenters. The molecule has 1 saturated heterocycles. The molecule has 3 nitrogen and oxygen atoms in total. The number of fused-ring (bicyclic) bond motifs is 3. The standard InChI is InChI=1S/C26H30N2O/c1-24(2)23(29)27(28(24)21-10-6-8-16-7-4-5-9-20(16)21)22-17-11-19-15-25(3)12-18(22)14-26(19,25)13-17/h4-10,17-19,22H,11-15H2,1-3H3/t17?,18?,19?,22-,25-,26?/m1/s1.